The van der Waals surface area contributed by atoms with Crippen molar-refractivity contribution in [1.29, 1.82) is 0 Å². The van der Waals surface area contributed by atoms with Gasteiger partial charge in [0.2, 0.25) is 0 Å². The summed E-state index contributed by atoms with van der Waals surface area (Å²) in [4.78, 5) is 0.331. The first kappa shape index (κ1) is 12.4. The van der Waals surface area contributed by atoms with E-state index in [4.69, 9.17) is 10.5 Å². The highest BCUT2D eigenvalue weighted by Gasteiger charge is 2.35. The standard InChI is InChI=1S/C12H17NO3S/c1-12(2,8-13)17(14,15)10-3-4-11-9(7-10)5-6-16-11/h3-4,7H,5-6,8,13H2,1-2H3. The molecule has 1 aliphatic heterocycles. The molecule has 0 unspecified atom stereocenters. The molecule has 0 aliphatic carbocycles. The lowest BCUT2D eigenvalue weighted by atomic mass is 10.2. The summed E-state index contributed by atoms with van der Waals surface area (Å²) in [6, 6.07) is 5.02. The molecular formula is C12H17NO3S. The van der Waals surface area contributed by atoms with Crippen LogP contribution in [0.2, 0.25) is 0 Å². The SMILES string of the molecule is CC(C)(CN)S(=O)(=O)c1ccc2c(c1)CCO2. The number of hydrogen-bond acceptors (Lipinski definition) is 4. The van der Waals surface area contributed by atoms with Crippen LogP contribution in [0.1, 0.15) is 19.4 Å². The Kier molecular flexibility index (Phi) is 2.91. The van der Waals surface area contributed by atoms with Crippen LogP contribution in [0.4, 0.5) is 0 Å². The van der Waals surface area contributed by atoms with Gasteiger partial charge in [-0.2, -0.15) is 0 Å². The molecule has 0 spiro atoms. The van der Waals surface area contributed by atoms with Crippen LogP contribution < -0.4 is 10.5 Å². The predicted octanol–water partition coefficient (Wildman–Crippen LogP) is 1.13. The predicted molar refractivity (Wildman–Crippen MR) is 66.0 cm³/mol. The van der Waals surface area contributed by atoms with Gasteiger partial charge in [0.15, 0.2) is 9.84 Å². The average molecular weight is 255 g/mol. The number of sulfone groups is 1. The summed E-state index contributed by atoms with van der Waals surface area (Å²) >= 11 is 0. The minimum Gasteiger partial charge on any atom is -0.493 e. The first-order valence-electron chi connectivity index (χ1n) is 5.59. The Morgan fingerprint density at radius 1 is 1.41 bits per heavy atom. The zero-order valence-corrected chi connectivity index (χ0v) is 10.9. The molecule has 5 heteroatoms. The van der Waals surface area contributed by atoms with Gasteiger partial charge in [-0.05, 0) is 37.6 Å². The fraction of sp³-hybridized carbons (Fsp3) is 0.500. The van der Waals surface area contributed by atoms with Gasteiger partial charge >= 0.3 is 0 Å². The Morgan fingerprint density at radius 2 is 2.12 bits per heavy atom. The van der Waals surface area contributed by atoms with Crippen LogP contribution in [0, 0.1) is 0 Å². The number of rotatable bonds is 3. The second-order valence-electron chi connectivity index (χ2n) is 4.84. The molecule has 0 aromatic heterocycles. The van der Waals surface area contributed by atoms with Gasteiger partial charge < -0.3 is 10.5 Å². The fourth-order valence-corrected chi connectivity index (χ4v) is 3.16. The van der Waals surface area contributed by atoms with Gasteiger partial charge in [-0.1, -0.05) is 0 Å². The van der Waals surface area contributed by atoms with Crippen molar-refractivity contribution in [2.24, 2.45) is 5.73 Å². The summed E-state index contributed by atoms with van der Waals surface area (Å²) in [5.41, 5.74) is 6.50. The number of benzene rings is 1. The molecule has 1 aromatic rings. The third-order valence-corrected chi connectivity index (χ3v) is 5.69. The summed E-state index contributed by atoms with van der Waals surface area (Å²) in [6.07, 6.45) is 0.766. The van der Waals surface area contributed by atoms with E-state index in [0.717, 1.165) is 17.7 Å². The van der Waals surface area contributed by atoms with Crippen molar-refractivity contribution in [2.45, 2.75) is 29.9 Å². The summed E-state index contributed by atoms with van der Waals surface area (Å²) in [5, 5.41) is 0. The number of nitrogens with two attached hydrogens (primary N) is 1. The second-order valence-corrected chi connectivity index (χ2v) is 7.42. The van der Waals surface area contributed by atoms with Gasteiger partial charge in [-0.3, -0.25) is 0 Å². The largest absolute Gasteiger partial charge is 0.493 e. The average Bonchev–Trinajstić information content (AvgIpc) is 2.75. The Balaban J connectivity index is 2.48. The lowest BCUT2D eigenvalue weighted by molar-refractivity contribution is 0.356. The lowest BCUT2D eigenvalue weighted by Crippen LogP contribution is -2.39. The fourth-order valence-electron chi connectivity index (χ4n) is 1.76. The first-order chi connectivity index (χ1) is 7.88. The highest BCUT2D eigenvalue weighted by Crippen LogP contribution is 2.31. The van der Waals surface area contributed by atoms with E-state index in [2.05, 4.69) is 0 Å². The van der Waals surface area contributed by atoms with E-state index in [0.29, 0.717) is 11.5 Å². The maximum Gasteiger partial charge on any atom is 0.184 e. The van der Waals surface area contributed by atoms with Crippen molar-refractivity contribution >= 4 is 9.84 Å². The molecule has 4 nitrogen and oxygen atoms in total. The van der Waals surface area contributed by atoms with Crippen molar-refractivity contribution in [2.75, 3.05) is 13.2 Å². The van der Waals surface area contributed by atoms with Crippen LogP contribution in [-0.2, 0) is 16.3 Å². The molecule has 0 saturated carbocycles. The van der Waals surface area contributed by atoms with Crippen LogP contribution in [0.3, 0.4) is 0 Å². The van der Waals surface area contributed by atoms with Crippen molar-refractivity contribution in [1.82, 2.24) is 0 Å². The highest BCUT2D eigenvalue weighted by molar-refractivity contribution is 7.92. The van der Waals surface area contributed by atoms with Crippen LogP contribution in [-0.4, -0.2) is 26.3 Å². The molecule has 17 heavy (non-hydrogen) atoms. The summed E-state index contributed by atoms with van der Waals surface area (Å²) in [5.74, 6) is 0.787. The monoisotopic (exact) mass is 255 g/mol. The topological polar surface area (TPSA) is 69.4 Å². The summed E-state index contributed by atoms with van der Waals surface area (Å²) in [7, 11) is -3.39. The normalized spacial score (nSPS) is 15.5. The molecule has 94 valence electrons. The van der Waals surface area contributed by atoms with Crippen LogP contribution in [0.25, 0.3) is 0 Å². The molecule has 0 amide bonds. The zero-order chi connectivity index (χ0) is 12.7. The molecule has 0 atom stereocenters. The van der Waals surface area contributed by atoms with E-state index in [1.807, 2.05) is 0 Å². The molecule has 1 heterocycles. The smallest absolute Gasteiger partial charge is 0.184 e. The molecular weight excluding hydrogens is 238 g/mol. The maximum absolute atomic E-state index is 12.4. The third kappa shape index (κ3) is 1.93. The van der Waals surface area contributed by atoms with Crippen molar-refractivity contribution in [3.63, 3.8) is 0 Å². The van der Waals surface area contributed by atoms with Crippen molar-refractivity contribution < 1.29 is 13.2 Å². The van der Waals surface area contributed by atoms with E-state index in [1.54, 1.807) is 32.0 Å². The third-order valence-electron chi connectivity index (χ3n) is 3.19. The van der Waals surface area contributed by atoms with Crippen LogP contribution in [0.15, 0.2) is 23.1 Å². The molecule has 2 N–H and O–H groups in total. The Morgan fingerprint density at radius 3 is 2.76 bits per heavy atom. The Labute approximate surface area is 102 Å². The zero-order valence-electron chi connectivity index (χ0n) is 10.1. The quantitative estimate of drug-likeness (QED) is 0.879. The first-order valence-corrected chi connectivity index (χ1v) is 7.07. The molecule has 0 fully saturated rings. The van der Waals surface area contributed by atoms with Gasteiger partial charge in [0.1, 0.15) is 5.75 Å². The highest BCUT2D eigenvalue weighted by atomic mass is 32.2. The Hall–Kier alpha value is -1.07. The van der Waals surface area contributed by atoms with Crippen molar-refractivity contribution in [3.05, 3.63) is 23.8 Å². The van der Waals surface area contributed by atoms with E-state index < -0.39 is 14.6 Å². The molecule has 0 bridgehead atoms. The molecule has 1 aliphatic rings. The van der Waals surface area contributed by atoms with Crippen LogP contribution >= 0.6 is 0 Å². The Bertz CT molecular complexity index is 535. The van der Waals surface area contributed by atoms with Crippen molar-refractivity contribution in [3.8, 4) is 5.75 Å². The van der Waals surface area contributed by atoms with E-state index >= 15 is 0 Å². The molecule has 2 rings (SSSR count). The van der Waals surface area contributed by atoms with E-state index in [9.17, 15) is 8.42 Å². The minimum atomic E-state index is -3.39. The molecule has 0 radical (unpaired) electrons. The summed E-state index contributed by atoms with van der Waals surface area (Å²) < 4.78 is 29.1. The van der Waals surface area contributed by atoms with Gasteiger partial charge in [0, 0.05) is 13.0 Å². The van der Waals surface area contributed by atoms with Gasteiger partial charge in [0.05, 0.1) is 16.2 Å². The van der Waals surface area contributed by atoms with E-state index in [1.165, 1.54) is 0 Å². The van der Waals surface area contributed by atoms with E-state index in [-0.39, 0.29) is 6.54 Å². The van der Waals surface area contributed by atoms with Gasteiger partial charge in [-0.25, -0.2) is 8.42 Å². The maximum atomic E-state index is 12.4. The second kappa shape index (κ2) is 3.99. The van der Waals surface area contributed by atoms with Crippen LogP contribution in [0.5, 0.6) is 5.75 Å². The molecule has 0 saturated heterocycles. The lowest BCUT2D eigenvalue weighted by Gasteiger charge is -2.22. The molecule has 1 aromatic carbocycles. The number of ether oxygens (including phenoxy) is 1. The van der Waals surface area contributed by atoms with Gasteiger partial charge in [0.25, 0.3) is 0 Å². The minimum absolute atomic E-state index is 0.100. The number of hydrogen-bond donors (Lipinski definition) is 1. The van der Waals surface area contributed by atoms with Gasteiger partial charge in [-0.15, -0.1) is 0 Å². The summed E-state index contributed by atoms with van der Waals surface area (Å²) in [6.45, 7) is 4.01. The number of fused-ring (bicyclic) bond motifs is 1.